The largest absolute Gasteiger partial charge is 0.479 e. The van der Waals surface area contributed by atoms with Gasteiger partial charge in [-0.25, -0.2) is 9.59 Å². The highest BCUT2D eigenvalue weighted by molar-refractivity contribution is 5.88. The van der Waals surface area contributed by atoms with Crippen molar-refractivity contribution in [3.63, 3.8) is 0 Å². The van der Waals surface area contributed by atoms with Gasteiger partial charge in [0.15, 0.2) is 5.54 Å². The first-order valence-electron chi connectivity index (χ1n) is 11.5. The predicted molar refractivity (Wildman–Crippen MR) is 125 cm³/mol. The topological polar surface area (TPSA) is 114 Å². The van der Waals surface area contributed by atoms with Crippen molar-refractivity contribution in [1.29, 1.82) is 0 Å². The predicted octanol–water partition coefficient (Wildman–Crippen LogP) is 3.30. The maximum Gasteiger partial charge on any atom is 0.407 e. The van der Waals surface area contributed by atoms with Gasteiger partial charge in [-0.3, -0.25) is 4.79 Å². The third kappa shape index (κ3) is 4.77. The highest BCUT2D eigenvalue weighted by Crippen LogP contribution is 2.44. The molecule has 0 saturated heterocycles. The van der Waals surface area contributed by atoms with Crippen LogP contribution < -0.4 is 10.6 Å². The van der Waals surface area contributed by atoms with E-state index in [9.17, 15) is 19.5 Å². The van der Waals surface area contributed by atoms with Crippen LogP contribution >= 0.6 is 0 Å². The molecule has 4 rings (SSSR count). The Morgan fingerprint density at radius 2 is 1.65 bits per heavy atom. The Bertz CT molecular complexity index is 1040. The highest BCUT2D eigenvalue weighted by atomic mass is 16.5. The molecule has 1 unspecified atom stereocenters. The Kier molecular flexibility index (Phi) is 6.88. The third-order valence-corrected chi connectivity index (χ3v) is 6.77. The summed E-state index contributed by atoms with van der Waals surface area (Å²) in [5.41, 5.74) is 3.12. The van der Waals surface area contributed by atoms with Crippen LogP contribution in [0.3, 0.4) is 0 Å². The number of rotatable bonds is 8. The second-order valence-corrected chi connectivity index (χ2v) is 9.24. The smallest absolute Gasteiger partial charge is 0.407 e. The summed E-state index contributed by atoms with van der Waals surface area (Å²) >= 11 is 0. The summed E-state index contributed by atoms with van der Waals surface area (Å²) in [5, 5.41) is 14.9. The number of benzene rings is 2. The molecule has 8 heteroatoms. The molecular formula is C26H30N2O6. The van der Waals surface area contributed by atoms with Gasteiger partial charge >= 0.3 is 12.1 Å². The molecule has 8 nitrogen and oxygen atoms in total. The van der Waals surface area contributed by atoms with Crippen LogP contribution in [0.2, 0.25) is 0 Å². The quantitative estimate of drug-likeness (QED) is 0.550. The van der Waals surface area contributed by atoms with E-state index in [-0.39, 0.29) is 37.0 Å². The van der Waals surface area contributed by atoms with Gasteiger partial charge in [-0.1, -0.05) is 48.5 Å². The zero-order chi connectivity index (χ0) is 24.3. The molecule has 2 amide bonds. The highest BCUT2D eigenvalue weighted by Gasteiger charge is 2.39. The first-order chi connectivity index (χ1) is 16.3. The maximum absolute atomic E-state index is 12.6. The van der Waals surface area contributed by atoms with Gasteiger partial charge in [0.25, 0.3) is 0 Å². The lowest BCUT2D eigenvalue weighted by atomic mass is 9.98. The van der Waals surface area contributed by atoms with E-state index >= 15 is 0 Å². The molecule has 0 bridgehead atoms. The number of ether oxygens (including phenoxy) is 2. The van der Waals surface area contributed by atoms with Crippen molar-refractivity contribution >= 4 is 18.0 Å². The standard InChI is InChI=1S/C26H30N2O6/c1-26(15-33-2,24(30)31)28-23(29)16-11-12-17(13-16)27-25(32)34-14-22-20-9-5-3-7-18(20)19-8-4-6-10-21(19)22/h3-10,16-17,22H,11-15H2,1-2H3,(H,27,32)(H,28,29)(H,30,31)/t16-,17+,26?/m0/s1. The van der Waals surface area contributed by atoms with Gasteiger partial charge in [0, 0.05) is 25.0 Å². The third-order valence-electron chi connectivity index (χ3n) is 6.77. The minimum absolute atomic E-state index is 0.0188. The molecule has 2 aliphatic rings. The SMILES string of the molecule is COCC(C)(NC(=O)[C@H]1CC[C@@H](NC(=O)OCC2c3ccccc3-c3ccccc32)C1)C(=O)O. The number of carboxylic acids is 1. The van der Waals surface area contributed by atoms with Crippen molar-refractivity contribution < 1.29 is 29.0 Å². The van der Waals surface area contributed by atoms with E-state index in [1.807, 2.05) is 24.3 Å². The van der Waals surface area contributed by atoms with Crippen molar-refractivity contribution in [2.24, 2.45) is 5.92 Å². The number of nitrogens with one attached hydrogen (secondary N) is 2. The molecule has 3 atom stereocenters. The lowest BCUT2D eigenvalue weighted by molar-refractivity contribution is -0.149. The lowest BCUT2D eigenvalue weighted by Gasteiger charge is -2.27. The van der Waals surface area contributed by atoms with Crippen molar-refractivity contribution in [2.75, 3.05) is 20.3 Å². The molecule has 1 saturated carbocycles. The minimum Gasteiger partial charge on any atom is -0.479 e. The normalized spacial score (nSPS) is 20.6. The fourth-order valence-corrected chi connectivity index (χ4v) is 4.97. The molecule has 0 heterocycles. The molecule has 0 radical (unpaired) electrons. The number of carbonyl (C=O) groups excluding carboxylic acids is 2. The number of amides is 2. The number of aliphatic carboxylic acids is 1. The van der Waals surface area contributed by atoms with Gasteiger partial charge in [-0.2, -0.15) is 0 Å². The molecule has 180 valence electrons. The summed E-state index contributed by atoms with van der Waals surface area (Å²) in [6, 6.07) is 16.1. The van der Waals surface area contributed by atoms with Crippen molar-refractivity contribution in [3.05, 3.63) is 59.7 Å². The lowest BCUT2D eigenvalue weighted by Crippen LogP contribution is -2.56. The number of hydrogen-bond donors (Lipinski definition) is 3. The van der Waals surface area contributed by atoms with Crippen molar-refractivity contribution in [3.8, 4) is 11.1 Å². The minimum atomic E-state index is -1.50. The average molecular weight is 467 g/mol. The molecule has 2 aliphatic carbocycles. The van der Waals surface area contributed by atoms with Crippen LogP contribution in [0.1, 0.15) is 43.2 Å². The molecule has 0 aromatic heterocycles. The van der Waals surface area contributed by atoms with Gasteiger partial charge in [-0.05, 0) is 48.4 Å². The summed E-state index contributed by atoms with van der Waals surface area (Å²) in [5.74, 6) is -1.91. The summed E-state index contributed by atoms with van der Waals surface area (Å²) < 4.78 is 10.5. The second kappa shape index (κ2) is 9.85. The molecule has 2 aromatic carbocycles. The van der Waals surface area contributed by atoms with Gasteiger partial charge in [0.1, 0.15) is 6.61 Å². The number of alkyl carbamates (subject to hydrolysis) is 1. The first-order valence-corrected chi connectivity index (χ1v) is 11.5. The number of fused-ring (bicyclic) bond motifs is 3. The van der Waals surface area contributed by atoms with E-state index in [1.54, 1.807) is 0 Å². The zero-order valence-electron chi connectivity index (χ0n) is 19.4. The van der Waals surface area contributed by atoms with Gasteiger partial charge in [0.2, 0.25) is 5.91 Å². The van der Waals surface area contributed by atoms with Gasteiger partial charge in [0.05, 0.1) is 6.61 Å². The van der Waals surface area contributed by atoms with Crippen molar-refractivity contribution in [2.45, 2.75) is 43.7 Å². The van der Waals surface area contributed by atoms with Crippen molar-refractivity contribution in [1.82, 2.24) is 10.6 Å². The molecule has 1 fully saturated rings. The van der Waals surface area contributed by atoms with Crippen LogP contribution in [0.5, 0.6) is 0 Å². The number of carbonyl (C=O) groups is 3. The van der Waals surface area contributed by atoms with E-state index < -0.39 is 17.6 Å². The van der Waals surface area contributed by atoms with E-state index in [0.717, 1.165) is 11.1 Å². The number of hydrogen-bond acceptors (Lipinski definition) is 5. The second-order valence-electron chi connectivity index (χ2n) is 9.24. The monoisotopic (exact) mass is 466 g/mol. The zero-order valence-corrected chi connectivity index (χ0v) is 19.4. The number of carboxylic acid groups (broad SMARTS) is 1. The Hall–Kier alpha value is -3.39. The van der Waals surface area contributed by atoms with Crippen LogP contribution in [0.15, 0.2) is 48.5 Å². The molecule has 3 N–H and O–H groups in total. The summed E-state index contributed by atoms with van der Waals surface area (Å²) in [6.07, 6.45) is 1.10. The van der Waals surface area contributed by atoms with Gasteiger partial charge < -0.3 is 25.2 Å². The van der Waals surface area contributed by atoms with Crippen LogP contribution in [-0.4, -0.2) is 55.0 Å². The Balaban J connectivity index is 1.30. The maximum atomic E-state index is 12.6. The van der Waals surface area contributed by atoms with E-state index in [2.05, 4.69) is 34.9 Å². The molecule has 2 aromatic rings. The van der Waals surface area contributed by atoms with Crippen LogP contribution in [0, 0.1) is 5.92 Å². The average Bonchev–Trinajstić information content (AvgIpc) is 3.40. The fourth-order valence-electron chi connectivity index (χ4n) is 4.97. The Labute approximate surface area is 198 Å². The van der Waals surface area contributed by atoms with E-state index in [4.69, 9.17) is 9.47 Å². The van der Waals surface area contributed by atoms with E-state index in [0.29, 0.717) is 19.3 Å². The molecule has 34 heavy (non-hydrogen) atoms. The van der Waals surface area contributed by atoms with Gasteiger partial charge in [-0.15, -0.1) is 0 Å². The summed E-state index contributed by atoms with van der Waals surface area (Å²) in [6.45, 7) is 1.50. The van der Waals surface area contributed by atoms with Crippen LogP contribution in [0.4, 0.5) is 4.79 Å². The molecular weight excluding hydrogens is 436 g/mol. The number of methoxy groups -OCH3 is 1. The van der Waals surface area contributed by atoms with Crippen LogP contribution in [0.25, 0.3) is 11.1 Å². The van der Waals surface area contributed by atoms with Crippen LogP contribution in [-0.2, 0) is 19.1 Å². The Morgan fingerprint density at radius 1 is 1.03 bits per heavy atom. The summed E-state index contributed by atoms with van der Waals surface area (Å²) in [4.78, 5) is 36.7. The fraction of sp³-hybridized carbons (Fsp3) is 0.423. The summed E-state index contributed by atoms with van der Waals surface area (Å²) in [7, 11) is 1.39. The Morgan fingerprint density at radius 3 is 2.24 bits per heavy atom. The molecule has 0 spiro atoms. The molecule has 0 aliphatic heterocycles. The van der Waals surface area contributed by atoms with E-state index in [1.165, 1.54) is 25.2 Å². The first kappa shape index (κ1) is 23.8.